The van der Waals surface area contributed by atoms with Crippen LogP contribution < -0.4 is 11.3 Å². The Bertz CT molecular complexity index is 608. The molecule has 20 heavy (non-hydrogen) atoms. The van der Waals surface area contributed by atoms with E-state index in [1.165, 1.54) is 31.4 Å². The number of rotatable bonds is 4. The monoisotopic (exact) mass is 380 g/mol. The van der Waals surface area contributed by atoms with Gasteiger partial charge in [0.15, 0.2) is 0 Å². The minimum Gasteiger partial charge on any atom is -0.271 e. The van der Waals surface area contributed by atoms with E-state index >= 15 is 0 Å². The Morgan fingerprint density at radius 1 is 1.10 bits per heavy atom. The maximum Gasteiger partial charge on any atom is 0.0510 e. The van der Waals surface area contributed by atoms with E-state index in [1.54, 1.807) is 0 Å². The molecule has 106 valence electrons. The quantitative estimate of drug-likeness (QED) is 0.479. The summed E-state index contributed by atoms with van der Waals surface area (Å²) in [6, 6.07) is 13.1. The second-order valence-corrected chi connectivity index (χ2v) is 6.41. The highest BCUT2D eigenvalue weighted by Gasteiger charge is 2.15. The number of benzene rings is 2. The van der Waals surface area contributed by atoms with Gasteiger partial charge in [0, 0.05) is 3.57 Å². The SMILES string of the molecule is Cc1ccc(C)c(CC(NN)c2cccc(C)c2I)c1. The third kappa shape index (κ3) is 3.40. The Kier molecular flexibility index (Phi) is 5.18. The molecule has 2 aromatic carbocycles. The number of hydrogen-bond acceptors (Lipinski definition) is 2. The molecule has 0 fully saturated rings. The molecule has 0 heterocycles. The second-order valence-electron chi connectivity index (χ2n) is 5.33. The standard InChI is InChI=1S/C17H21IN2/c1-11-7-8-12(2)14(9-11)10-16(20-19)15-6-4-5-13(3)17(15)18/h4-9,16,20H,10,19H2,1-3H3. The molecule has 1 unspecified atom stereocenters. The molecule has 0 aliphatic rings. The van der Waals surface area contributed by atoms with Crippen molar-refractivity contribution in [1.82, 2.24) is 5.43 Å². The van der Waals surface area contributed by atoms with E-state index in [4.69, 9.17) is 5.84 Å². The van der Waals surface area contributed by atoms with Gasteiger partial charge in [-0.15, -0.1) is 0 Å². The van der Waals surface area contributed by atoms with Crippen molar-refractivity contribution in [2.75, 3.05) is 0 Å². The normalized spacial score (nSPS) is 12.4. The maximum atomic E-state index is 5.81. The number of hydrogen-bond donors (Lipinski definition) is 2. The van der Waals surface area contributed by atoms with Crippen molar-refractivity contribution in [2.24, 2.45) is 5.84 Å². The highest BCUT2D eigenvalue weighted by molar-refractivity contribution is 14.1. The minimum absolute atomic E-state index is 0.141. The van der Waals surface area contributed by atoms with Crippen LogP contribution in [0.25, 0.3) is 0 Å². The summed E-state index contributed by atoms with van der Waals surface area (Å²) in [6.07, 6.45) is 0.906. The average molecular weight is 380 g/mol. The van der Waals surface area contributed by atoms with Crippen molar-refractivity contribution >= 4 is 22.6 Å². The Morgan fingerprint density at radius 3 is 2.55 bits per heavy atom. The zero-order valence-electron chi connectivity index (χ0n) is 12.2. The summed E-state index contributed by atoms with van der Waals surface area (Å²) in [5.74, 6) is 5.81. The Hall–Kier alpha value is -0.910. The van der Waals surface area contributed by atoms with E-state index in [0.717, 1.165) is 6.42 Å². The zero-order chi connectivity index (χ0) is 14.7. The molecule has 0 amide bonds. The van der Waals surface area contributed by atoms with Crippen molar-refractivity contribution < 1.29 is 0 Å². The molecule has 0 saturated carbocycles. The van der Waals surface area contributed by atoms with Gasteiger partial charge in [0.25, 0.3) is 0 Å². The lowest BCUT2D eigenvalue weighted by molar-refractivity contribution is 0.548. The summed E-state index contributed by atoms with van der Waals surface area (Å²) >= 11 is 2.41. The lowest BCUT2D eigenvalue weighted by Crippen LogP contribution is -2.30. The van der Waals surface area contributed by atoms with Gasteiger partial charge in [0.05, 0.1) is 6.04 Å². The molecule has 1 atom stereocenters. The van der Waals surface area contributed by atoms with Crippen LogP contribution in [0.1, 0.15) is 33.9 Å². The summed E-state index contributed by atoms with van der Waals surface area (Å²) in [5, 5.41) is 0. The van der Waals surface area contributed by atoms with Gasteiger partial charge in [-0.3, -0.25) is 11.3 Å². The topological polar surface area (TPSA) is 38.0 Å². The van der Waals surface area contributed by atoms with Crippen molar-refractivity contribution in [3.05, 3.63) is 67.8 Å². The van der Waals surface area contributed by atoms with Gasteiger partial charge in [0.1, 0.15) is 0 Å². The predicted molar refractivity (Wildman–Crippen MR) is 93.6 cm³/mol. The largest absolute Gasteiger partial charge is 0.271 e. The summed E-state index contributed by atoms with van der Waals surface area (Å²) in [7, 11) is 0. The first kappa shape index (κ1) is 15.5. The van der Waals surface area contributed by atoms with Crippen molar-refractivity contribution in [1.29, 1.82) is 0 Å². The van der Waals surface area contributed by atoms with Crippen LogP contribution in [0.2, 0.25) is 0 Å². The summed E-state index contributed by atoms with van der Waals surface area (Å²) < 4.78 is 1.29. The molecule has 2 aromatic rings. The zero-order valence-corrected chi connectivity index (χ0v) is 14.4. The summed E-state index contributed by atoms with van der Waals surface area (Å²) in [5.41, 5.74) is 9.51. The molecule has 3 heteroatoms. The molecule has 2 rings (SSSR count). The average Bonchev–Trinajstić information content (AvgIpc) is 2.43. The molecule has 0 radical (unpaired) electrons. The first-order valence-corrected chi connectivity index (χ1v) is 7.88. The molecule has 0 spiro atoms. The fourth-order valence-electron chi connectivity index (χ4n) is 2.44. The third-order valence-corrected chi connectivity index (χ3v) is 5.20. The number of aryl methyl sites for hydroxylation is 3. The van der Waals surface area contributed by atoms with Crippen molar-refractivity contribution in [2.45, 2.75) is 33.2 Å². The van der Waals surface area contributed by atoms with Crippen LogP contribution in [-0.2, 0) is 6.42 Å². The van der Waals surface area contributed by atoms with Crippen LogP contribution in [0.4, 0.5) is 0 Å². The molecule has 0 saturated heterocycles. The van der Waals surface area contributed by atoms with E-state index in [-0.39, 0.29) is 6.04 Å². The van der Waals surface area contributed by atoms with E-state index in [0.29, 0.717) is 0 Å². The molecule has 0 aliphatic carbocycles. The fourth-order valence-corrected chi connectivity index (χ4v) is 3.17. The van der Waals surface area contributed by atoms with Crippen molar-refractivity contribution in [3.8, 4) is 0 Å². The highest BCUT2D eigenvalue weighted by Crippen LogP contribution is 2.26. The smallest absolute Gasteiger partial charge is 0.0510 e. The van der Waals surface area contributed by atoms with Crippen LogP contribution >= 0.6 is 22.6 Å². The van der Waals surface area contributed by atoms with Crippen LogP contribution in [0.3, 0.4) is 0 Å². The summed E-state index contributed by atoms with van der Waals surface area (Å²) in [4.78, 5) is 0. The number of nitrogens with two attached hydrogens (primary N) is 1. The molecule has 0 aromatic heterocycles. The summed E-state index contributed by atoms with van der Waals surface area (Å²) in [6.45, 7) is 6.42. The van der Waals surface area contributed by atoms with Gasteiger partial charge >= 0.3 is 0 Å². The number of nitrogens with one attached hydrogen (secondary N) is 1. The van der Waals surface area contributed by atoms with Gasteiger partial charge in [-0.1, -0.05) is 42.0 Å². The van der Waals surface area contributed by atoms with E-state index in [1.807, 2.05) is 0 Å². The lowest BCUT2D eigenvalue weighted by atomic mass is 9.94. The van der Waals surface area contributed by atoms with Gasteiger partial charge in [-0.05, 0) is 72.0 Å². The van der Waals surface area contributed by atoms with E-state index in [9.17, 15) is 0 Å². The number of halogens is 1. The molecule has 3 N–H and O–H groups in total. The van der Waals surface area contributed by atoms with Crippen LogP contribution in [-0.4, -0.2) is 0 Å². The Labute approximate surface area is 134 Å². The van der Waals surface area contributed by atoms with Gasteiger partial charge in [0.2, 0.25) is 0 Å². The first-order valence-electron chi connectivity index (χ1n) is 6.80. The van der Waals surface area contributed by atoms with E-state index < -0.39 is 0 Å². The van der Waals surface area contributed by atoms with E-state index in [2.05, 4.69) is 85.2 Å². The van der Waals surface area contributed by atoms with Crippen molar-refractivity contribution in [3.63, 3.8) is 0 Å². The number of hydrazine groups is 1. The third-order valence-electron chi connectivity index (χ3n) is 3.73. The Balaban J connectivity index is 2.34. The molecule has 0 bridgehead atoms. The van der Waals surface area contributed by atoms with Gasteiger partial charge in [-0.25, -0.2) is 0 Å². The lowest BCUT2D eigenvalue weighted by Gasteiger charge is -2.20. The molecule has 0 aliphatic heterocycles. The maximum absolute atomic E-state index is 5.81. The van der Waals surface area contributed by atoms with Crippen LogP contribution in [0.15, 0.2) is 36.4 Å². The molecule has 2 nitrogen and oxygen atoms in total. The van der Waals surface area contributed by atoms with Crippen LogP contribution in [0.5, 0.6) is 0 Å². The predicted octanol–water partition coefficient (Wildman–Crippen LogP) is 3.96. The van der Waals surface area contributed by atoms with Crippen LogP contribution in [0, 0.1) is 24.3 Å². The Morgan fingerprint density at radius 2 is 1.85 bits per heavy atom. The second kappa shape index (κ2) is 6.70. The first-order chi connectivity index (χ1) is 9.52. The van der Waals surface area contributed by atoms with Gasteiger partial charge in [-0.2, -0.15) is 0 Å². The molecular formula is C17H21IN2. The van der Waals surface area contributed by atoms with Gasteiger partial charge < -0.3 is 0 Å². The molecular weight excluding hydrogens is 359 g/mol. The fraction of sp³-hybridized carbons (Fsp3) is 0.294. The highest BCUT2D eigenvalue weighted by atomic mass is 127. The minimum atomic E-state index is 0.141.